The lowest BCUT2D eigenvalue weighted by atomic mass is 10.1. The van der Waals surface area contributed by atoms with Crippen molar-refractivity contribution in [3.63, 3.8) is 0 Å². The van der Waals surface area contributed by atoms with Crippen LogP contribution in [0.2, 0.25) is 5.04 Å². The molecule has 2 aromatic rings. The molecule has 3 nitrogen and oxygen atoms in total. The molecule has 0 saturated carbocycles. The predicted molar refractivity (Wildman–Crippen MR) is 120 cm³/mol. The van der Waals surface area contributed by atoms with E-state index in [2.05, 4.69) is 108 Å². The van der Waals surface area contributed by atoms with Crippen LogP contribution in [0.3, 0.4) is 0 Å². The molecule has 1 saturated heterocycles. The van der Waals surface area contributed by atoms with Crippen LogP contribution in [0.5, 0.6) is 0 Å². The summed E-state index contributed by atoms with van der Waals surface area (Å²) in [6.45, 7) is 15.6. The van der Waals surface area contributed by atoms with E-state index in [1.165, 1.54) is 10.4 Å². The van der Waals surface area contributed by atoms with Gasteiger partial charge in [-0.2, -0.15) is 0 Å². The minimum atomic E-state index is -2.60. The van der Waals surface area contributed by atoms with E-state index in [-0.39, 0.29) is 10.6 Å². The van der Waals surface area contributed by atoms with E-state index in [0.717, 1.165) is 6.54 Å². The van der Waals surface area contributed by atoms with Gasteiger partial charge in [-0.15, -0.1) is 0 Å². The minimum Gasteiger partial charge on any atom is -0.399 e. The van der Waals surface area contributed by atoms with E-state index in [4.69, 9.17) is 9.16 Å². The third-order valence-corrected chi connectivity index (χ3v) is 10.8. The normalized spacial score (nSPS) is 23.2. The quantitative estimate of drug-likeness (QED) is 0.798. The number of hydrogen-bond donors (Lipinski definition) is 1. The Bertz CT molecular complexity index is 731. The highest BCUT2D eigenvalue weighted by Crippen LogP contribution is 2.39. The maximum atomic E-state index is 7.33. The second-order valence-electron chi connectivity index (χ2n) is 9.95. The first-order chi connectivity index (χ1) is 13.1. The Hall–Kier alpha value is -1.46. The molecule has 1 N–H and O–H groups in total. The van der Waals surface area contributed by atoms with Gasteiger partial charge in [0, 0.05) is 12.1 Å². The summed E-state index contributed by atoms with van der Waals surface area (Å²) in [6.07, 6.45) is 0. The Morgan fingerprint density at radius 3 is 1.82 bits per heavy atom. The second-order valence-corrected chi connectivity index (χ2v) is 14.2. The SMILES string of the molecule is CC1(C)COCC(C)(O[Si](c2ccccc2)(c2ccccc2)C(C)(C)C)CN1. The molecule has 1 unspecified atom stereocenters. The summed E-state index contributed by atoms with van der Waals surface area (Å²) in [7, 11) is -2.60. The zero-order valence-electron chi connectivity index (χ0n) is 18.2. The molecule has 28 heavy (non-hydrogen) atoms. The van der Waals surface area contributed by atoms with Crippen molar-refractivity contribution in [3.8, 4) is 0 Å². The van der Waals surface area contributed by atoms with Gasteiger partial charge in [-0.3, -0.25) is 0 Å². The van der Waals surface area contributed by atoms with Gasteiger partial charge >= 0.3 is 0 Å². The maximum absolute atomic E-state index is 7.33. The van der Waals surface area contributed by atoms with E-state index in [1.807, 2.05) is 0 Å². The van der Waals surface area contributed by atoms with Gasteiger partial charge in [-0.25, -0.2) is 0 Å². The van der Waals surface area contributed by atoms with Crippen LogP contribution in [-0.2, 0) is 9.16 Å². The molecular weight excluding hydrogens is 362 g/mol. The Balaban J connectivity index is 2.14. The summed E-state index contributed by atoms with van der Waals surface area (Å²) in [6, 6.07) is 21.6. The fraction of sp³-hybridized carbons (Fsp3) is 0.500. The summed E-state index contributed by atoms with van der Waals surface area (Å²) < 4.78 is 13.4. The summed E-state index contributed by atoms with van der Waals surface area (Å²) in [5, 5.41) is 6.23. The Kier molecular flexibility index (Phi) is 5.88. The lowest BCUT2D eigenvalue weighted by Crippen LogP contribution is -2.70. The lowest BCUT2D eigenvalue weighted by molar-refractivity contribution is -0.00575. The molecule has 1 fully saturated rings. The minimum absolute atomic E-state index is 0.0411. The molecule has 0 amide bonds. The zero-order chi connectivity index (χ0) is 20.5. The van der Waals surface area contributed by atoms with Crippen LogP contribution >= 0.6 is 0 Å². The monoisotopic (exact) mass is 397 g/mol. The first-order valence-electron chi connectivity index (χ1n) is 10.2. The standard InChI is InChI=1S/C24H35NO2Si/c1-22(2,3)28(20-13-9-7-10-14-20,21-15-11-8-12-16-21)27-24(6)17-25-23(4,5)18-26-19-24/h7-16,25H,17-19H2,1-6H3. The fourth-order valence-corrected chi connectivity index (χ4v) is 8.94. The molecule has 152 valence electrons. The average molecular weight is 398 g/mol. The highest BCUT2D eigenvalue weighted by Gasteiger charge is 2.54. The number of rotatable bonds is 4. The zero-order valence-corrected chi connectivity index (χ0v) is 19.2. The summed E-state index contributed by atoms with van der Waals surface area (Å²) in [4.78, 5) is 0. The van der Waals surface area contributed by atoms with Crippen LogP contribution in [0.4, 0.5) is 0 Å². The van der Waals surface area contributed by atoms with Crippen LogP contribution < -0.4 is 15.7 Å². The van der Waals surface area contributed by atoms with Crippen molar-refractivity contribution in [1.82, 2.24) is 5.32 Å². The van der Waals surface area contributed by atoms with Gasteiger partial charge in [0.1, 0.15) is 0 Å². The first kappa shape index (κ1) is 21.3. The largest absolute Gasteiger partial charge is 0.399 e. The van der Waals surface area contributed by atoms with E-state index in [0.29, 0.717) is 13.2 Å². The van der Waals surface area contributed by atoms with Crippen molar-refractivity contribution >= 4 is 18.7 Å². The van der Waals surface area contributed by atoms with Crippen LogP contribution in [0, 0.1) is 0 Å². The third kappa shape index (κ3) is 4.25. The maximum Gasteiger partial charge on any atom is 0.261 e. The van der Waals surface area contributed by atoms with Crippen molar-refractivity contribution in [2.75, 3.05) is 19.8 Å². The predicted octanol–water partition coefficient (Wildman–Crippen LogP) is 3.72. The summed E-state index contributed by atoms with van der Waals surface area (Å²) in [5.74, 6) is 0. The topological polar surface area (TPSA) is 30.5 Å². The molecule has 1 heterocycles. The lowest BCUT2D eigenvalue weighted by Gasteiger charge is -2.48. The van der Waals surface area contributed by atoms with E-state index < -0.39 is 13.9 Å². The van der Waals surface area contributed by atoms with E-state index in [1.54, 1.807) is 0 Å². The highest BCUT2D eigenvalue weighted by molar-refractivity contribution is 6.99. The van der Waals surface area contributed by atoms with Gasteiger partial charge in [0.15, 0.2) is 0 Å². The third-order valence-electron chi connectivity index (χ3n) is 5.63. The molecule has 0 aliphatic carbocycles. The summed E-state index contributed by atoms with van der Waals surface area (Å²) >= 11 is 0. The van der Waals surface area contributed by atoms with Crippen molar-refractivity contribution in [3.05, 3.63) is 60.7 Å². The van der Waals surface area contributed by atoms with Gasteiger partial charge < -0.3 is 14.5 Å². The molecule has 1 atom stereocenters. The smallest absolute Gasteiger partial charge is 0.261 e. The molecule has 3 rings (SSSR count). The summed E-state index contributed by atoms with van der Waals surface area (Å²) in [5.41, 5.74) is -0.453. The fourth-order valence-electron chi connectivity index (χ4n) is 4.13. The number of nitrogens with one attached hydrogen (secondary N) is 1. The average Bonchev–Trinajstić information content (AvgIpc) is 2.78. The molecular formula is C24H35NO2Si. The first-order valence-corrected chi connectivity index (χ1v) is 12.1. The Labute approximate surface area is 171 Å². The van der Waals surface area contributed by atoms with Crippen LogP contribution in [0.15, 0.2) is 60.7 Å². The second kappa shape index (κ2) is 7.75. The van der Waals surface area contributed by atoms with E-state index in [9.17, 15) is 0 Å². The van der Waals surface area contributed by atoms with E-state index >= 15 is 0 Å². The molecule has 0 spiro atoms. The molecule has 0 radical (unpaired) electrons. The van der Waals surface area contributed by atoms with Gasteiger partial charge in [0.05, 0.1) is 18.8 Å². The number of hydrogen-bond acceptors (Lipinski definition) is 3. The van der Waals surface area contributed by atoms with Crippen LogP contribution in [-0.4, -0.2) is 39.2 Å². The van der Waals surface area contributed by atoms with Crippen LogP contribution in [0.25, 0.3) is 0 Å². The van der Waals surface area contributed by atoms with Gasteiger partial charge in [-0.05, 0) is 36.2 Å². The molecule has 4 heteroatoms. The van der Waals surface area contributed by atoms with Crippen molar-refractivity contribution in [2.45, 2.75) is 57.7 Å². The van der Waals surface area contributed by atoms with Gasteiger partial charge in [-0.1, -0.05) is 81.4 Å². The number of ether oxygens (including phenoxy) is 1. The van der Waals surface area contributed by atoms with Crippen molar-refractivity contribution < 1.29 is 9.16 Å². The van der Waals surface area contributed by atoms with Crippen LogP contribution in [0.1, 0.15) is 41.5 Å². The molecule has 0 bridgehead atoms. The Morgan fingerprint density at radius 2 is 1.36 bits per heavy atom. The molecule has 1 aliphatic rings. The Morgan fingerprint density at radius 1 is 0.857 bits per heavy atom. The molecule has 2 aromatic carbocycles. The number of benzene rings is 2. The van der Waals surface area contributed by atoms with Crippen molar-refractivity contribution in [2.24, 2.45) is 0 Å². The van der Waals surface area contributed by atoms with Crippen molar-refractivity contribution in [1.29, 1.82) is 0 Å². The van der Waals surface area contributed by atoms with Gasteiger partial charge in [0.25, 0.3) is 8.32 Å². The molecule has 1 aliphatic heterocycles. The molecule has 0 aromatic heterocycles. The highest BCUT2D eigenvalue weighted by atomic mass is 28.4. The van der Waals surface area contributed by atoms with Gasteiger partial charge in [0.2, 0.25) is 0 Å².